The highest BCUT2D eigenvalue weighted by Crippen LogP contribution is 2.12. The highest BCUT2D eigenvalue weighted by molar-refractivity contribution is 5.96. The summed E-state index contributed by atoms with van der Waals surface area (Å²) >= 11 is 0. The number of nitrogens with zero attached hydrogens (tertiary/aromatic N) is 1. The van der Waals surface area contributed by atoms with Crippen molar-refractivity contribution in [1.82, 2.24) is 4.98 Å². The smallest absolute Gasteiger partial charge is 0.248 e. The van der Waals surface area contributed by atoms with Crippen molar-refractivity contribution >= 4 is 16.8 Å². The number of benzene rings is 1. The van der Waals surface area contributed by atoms with Crippen LogP contribution in [0.3, 0.4) is 0 Å². The number of hydrogen-bond donors (Lipinski definition) is 1. The Morgan fingerprint density at radius 1 is 1.38 bits per heavy atom. The molecule has 0 bridgehead atoms. The Bertz CT molecular complexity index is 465. The van der Waals surface area contributed by atoms with Crippen molar-refractivity contribution in [3.05, 3.63) is 42.1 Å². The summed E-state index contributed by atoms with van der Waals surface area (Å²) in [6.45, 7) is 0. The molecule has 0 aliphatic rings. The molecule has 0 spiro atoms. The third-order valence-electron chi connectivity index (χ3n) is 1.84. The lowest BCUT2D eigenvalue weighted by molar-refractivity contribution is 0.100. The summed E-state index contributed by atoms with van der Waals surface area (Å²) in [5, 5.41) is 0.976. The number of aromatic nitrogens is 1. The van der Waals surface area contributed by atoms with Gasteiger partial charge in [0.2, 0.25) is 5.91 Å². The molecule has 0 atom stereocenters. The van der Waals surface area contributed by atoms with Crippen LogP contribution in [-0.2, 0) is 0 Å². The second kappa shape index (κ2) is 2.86. The van der Waals surface area contributed by atoms with E-state index in [1.54, 1.807) is 18.2 Å². The van der Waals surface area contributed by atoms with Gasteiger partial charge in [0, 0.05) is 10.9 Å². The predicted molar refractivity (Wildman–Crippen MR) is 49.1 cm³/mol. The van der Waals surface area contributed by atoms with Crippen LogP contribution in [-0.4, -0.2) is 10.9 Å². The molecule has 3 heteroatoms. The van der Waals surface area contributed by atoms with Crippen LogP contribution in [0, 0.1) is 6.20 Å². The van der Waals surface area contributed by atoms with Gasteiger partial charge in [0.1, 0.15) is 0 Å². The maximum atomic E-state index is 10.8. The van der Waals surface area contributed by atoms with Crippen molar-refractivity contribution in [2.75, 3.05) is 0 Å². The first-order valence-electron chi connectivity index (χ1n) is 3.84. The van der Waals surface area contributed by atoms with E-state index in [0.717, 1.165) is 10.9 Å². The summed E-state index contributed by atoms with van der Waals surface area (Å²) in [6.07, 6.45) is 2.70. The third kappa shape index (κ3) is 1.36. The molecule has 3 nitrogen and oxygen atoms in total. The molecule has 2 N–H and O–H groups in total. The largest absolute Gasteiger partial charge is 0.366 e. The fourth-order valence-corrected chi connectivity index (χ4v) is 1.17. The van der Waals surface area contributed by atoms with Crippen molar-refractivity contribution in [3.8, 4) is 0 Å². The number of carbonyl (C=O) groups excluding carboxylic acids is 1. The summed E-state index contributed by atoms with van der Waals surface area (Å²) in [5.41, 5.74) is 6.33. The Morgan fingerprint density at radius 3 is 3.00 bits per heavy atom. The molecule has 1 aromatic heterocycles. The summed E-state index contributed by atoms with van der Waals surface area (Å²) in [7, 11) is 0. The number of carbonyl (C=O) groups is 1. The van der Waals surface area contributed by atoms with Crippen molar-refractivity contribution < 1.29 is 4.79 Å². The van der Waals surface area contributed by atoms with Gasteiger partial charge in [-0.1, -0.05) is 12.1 Å². The van der Waals surface area contributed by atoms with Gasteiger partial charge in [-0.05, 0) is 18.2 Å². The van der Waals surface area contributed by atoms with E-state index in [0.29, 0.717) is 5.56 Å². The minimum absolute atomic E-state index is 0.437. The Kier molecular flexibility index (Phi) is 1.70. The van der Waals surface area contributed by atoms with Crippen molar-refractivity contribution in [1.29, 1.82) is 0 Å². The number of nitrogens with two attached hydrogens (primary N) is 1. The molecule has 2 aromatic rings. The van der Waals surface area contributed by atoms with Gasteiger partial charge in [-0.15, -0.1) is 0 Å². The molecule has 1 amide bonds. The van der Waals surface area contributed by atoms with E-state index >= 15 is 0 Å². The van der Waals surface area contributed by atoms with E-state index in [4.69, 9.17) is 5.73 Å². The summed E-state index contributed by atoms with van der Waals surface area (Å²) in [4.78, 5) is 14.8. The number of pyridine rings is 1. The number of fused-ring (bicyclic) bond motifs is 1. The van der Waals surface area contributed by atoms with Crippen LogP contribution >= 0.6 is 0 Å². The molecule has 0 saturated carbocycles. The molecule has 63 valence electrons. The number of rotatable bonds is 1. The minimum atomic E-state index is -0.437. The zero-order valence-corrected chi connectivity index (χ0v) is 6.82. The van der Waals surface area contributed by atoms with Crippen LogP contribution in [0.4, 0.5) is 0 Å². The average Bonchev–Trinajstić information content (AvgIpc) is 2.17. The Hall–Kier alpha value is -1.90. The minimum Gasteiger partial charge on any atom is -0.366 e. The highest BCUT2D eigenvalue weighted by Gasteiger charge is 2.00. The van der Waals surface area contributed by atoms with Crippen LogP contribution in [0.5, 0.6) is 0 Å². The Morgan fingerprint density at radius 2 is 2.23 bits per heavy atom. The lowest BCUT2D eigenvalue weighted by atomic mass is 10.1. The molecule has 2 rings (SSSR count). The molecule has 1 aromatic carbocycles. The van der Waals surface area contributed by atoms with Gasteiger partial charge in [0.25, 0.3) is 0 Å². The van der Waals surface area contributed by atoms with E-state index in [2.05, 4.69) is 11.2 Å². The quantitative estimate of drug-likeness (QED) is 0.699. The predicted octanol–water partition coefficient (Wildman–Crippen LogP) is 1.13. The molecule has 0 saturated heterocycles. The van der Waals surface area contributed by atoms with E-state index in [-0.39, 0.29) is 0 Å². The maximum Gasteiger partial charge on any atom is 0.248 e. The van der Waals surface area contributed by atoms with Gasteiger partial charge in [-0.25, -0.2) is 4.98 Å². The van der Waals surface area contributed by atoms with E-state index in [9.17, 15) is 4.79 Å². The number of amides is 1. The molecule has 0 fully saturated rings. The highest BCUT2D eigenvalue weighted by atomic mass is 16.1. The lowest BCUT2D eigenvalue weighted by Gasteiger charge is -1.97. The first-order chi connectivity index (χ1) is 6.27. The fraction of sp³-hybridized carbons (Fsp3) is 0. The summed E-state index contributed by atoms with van der Waals surface area (Å²) in [5.74, 6) is -0.437. The molecule has 1 radical (unpaired) electrons. The van der Waals surface area contributed by atoms with Crippen LogP contribution in [0.1, 0.15) is 10.4 Å². The molecule has 0 aliphatic heterocycles. The van der Waals surface area contributed by atoms with E-state index in [1.807, 2.05) is 12.1 Å². The van der Waals surface area contributed by atoms with Gasteiger partial charge < -0.3 is 5.73 Å². The molecule has 13 heavy (non-hydrogen) atoms. The third-order valence-corrected chi connectivity index (χ3v) is 1.84. The second-order valence-electron chi connectivity index (χ2n) is 2.71. The van der Waals surface area contributed by atoms with Gasteiger partial charge in [-0.3, -0.25) is 4.79 Å². The molecular formula is C10H7N2O. The fourth-order valence-electron chi connectivity index (χ4n) is 1.17. The van der Waals surface area contributed by atoms with Crippen molar-refractivity contribution in [2.24, 2.45) is 5.73 Å². The van der Waals surface area contributed by atoms with E-state index in [1.165, 1.54) is 0 Å². The van der Waals surface area contributed by atoms with Gasteiger partial charge in [0.05, 0.1) is 11.7 Å². The Balaban J connectivity index is 2.69. The monoisotopic (exact) mass is 171 g/mol. The normalized spacial score (nSPS) is 10.2. The van der Waals surface area contributed by atoms with Crippen molar-refractivity contribution in [3.63, 3.8) is 0 Å². The van der Waals surface area contributed by atoms with E-state index < -0.39 is 5.91 Å². The number of primary amides is 1. The molecular weight excluding hydrogens is 164 g/mol. The molecule has 0 unspecified atom stereocenters. The van der Waals surface area contributed by atoms with Crippen LogP contribution in [0.2, 0.25) is 0 Å². The SMILES string of the molecule is NC(=O)c1ccc2cc[c]nc2c1. The summed E-state index contributed by atoms with van der Waals surface area (Å²) in [6, 6.07) is 8.77. The lowest BCUT2D eigenvalue weighted by Crippen LogP contribution is -2.10. The Labute approximate surface area is 75.2 Å². The second-order valence-corrected chi connectivity index (χ2v) is 2.71. The van der Waals surface area contributed by atoms with Crippen LogP contribution in [0.15, 0.2) is 30.3 Å². The molecule has 0 aliphatic carbocycles. The van der Waals surface area contributed by atoms with Crippen LogP contribution < -0.4 is 5.73 Å². The van der Waals surface area contributed by atoms with Crippen LogP contribution in [0.25, 0.3) is 10.9 Å². The van der Waals surface area contributed by atoms with Gasteiger partial charge in [-0.2, -0.15) is 0 Å². The molecule has 1 heterocycles. The van der Waals surface area contributed by atoms with Gasteiger partial charge >= 0.3 is 0 Å². The number of hydrogen-bond acceptors (Lipinski definition) is 2. The van der Waals surface area contributed by atoms with Gasteiger partial charge in [0.15, 0.2) is 0 Å². The first kappa shape index (κ1) is 7.73. The topological polar surface area (TPSA) is 56.0 Å². The van der Waals surface area contributed by atoms with Crippen molar-refractivity contribution in [2.45, 2.75) is 0 Å². The average molecular weight is 171 g/mol. The summed E-state index contributed by atoms with van der Waals surface area (Å²) < 4.78 is 0. The first-order valence-corrected chi connectivity index (χ1v) is 3.84. The maximum absolute atomic E-state index is 10.8. The zero-order chi connectivity index (χ0) is 9.26. The standard InChI is InChI=1S/C10H7N2O/c11-10(13)8-4-3-7-2-1-5-12-9(7)6-8/h1-4,6H,(H2,11,13). The zero-order valence-electron chi connectivity index (χ0n) is 6.82.